The van der Waals surface area contributed by atoms with Gasteiger partial charge in [-0.25, -0.2) is 4.79 Å². The normalized spacial score (nSPS) is 18.5. The molecule has 22 heavy (non-hydrogen) atoms. The molecule has 0 aliphatic carbocycles. The summed E-state index contributed by atoms with van der Waals surface area (Å²) in [4.78, 5) is 14.4. The highest BCUT2D eigenvalue weighted by atomic mass is 16.6. The van der Waals surface area contributed by atoms with Gasteiger partial charge in [-0.05, 0) is 74.4 Å². The van der Waals surface area contributed by atoms with E-state index in [1.165, 1.54) is 12.8 Å². The molecule has 0 bridgehead atoms. The molecule has 0 radical (unpaired) electrons. The summed E-state index contributed by atoms with van der Waals surface area (Å²) in [6, 6.07) is 1.17. The zero-order valence-corrected chi connectivity index (χ0v) is 15.5. The molecule has 5 heteroatoms. The second kappa shape index (κ2) is 7.64. The van der Waals surface area contributed by atoms with Crippen LogP contribution in [0.25, 0.3) is 0 Å². The number of carbonyl (C=O) groups is 1. The molecule has 1 aliphatic rings. The standard InChI is InChI=1S/C17H35N3O2/c1-13(2)20-10-8-14(9-11-20)18-12-17(6,7)19-15(21)22-16(3,4)5/h13-14,18H,8-12H2,1-7H3,(H,19,21). The van der Waals surface area contributed by atoms with Crippen LogP contribution in [0.15, 0.2) is 0 Å². The van der Waals surface area contributed by atoms with E-state index in [9.17, 15) is 4.79 Å². The van der Waals surface area contributed by atoms with Gasteiger partial charge in [0, 0.05) is 18.6 Å². The minimum absolute atomic E-state index is 0.322. The van der Waals surface area contributed by atoms with Crippen molar-refractivity contribution in [2.24, 2.45) is 0 Å². The van der Waals surface area contributed by atoms with Crippen LogP contribution in [0.4, 0.5) is 4.79 Å². The summed E-state index contributed by atoms with van der Waals surface area (Å²) in [6.07, 6.45) is 1.98. The van der Waals surface area contributed by atoms with Crippen LogP contribution in [0, 0.1) is 0 Å². The average molecular weight is 313 g/mol. The molecule has 1 amide bonds. The molecule has 5 nitrogen and oxygen atoms in total. The van der Waals surface area contributed by atoms with Gasteiger partial charge in [-0.2, -0.15) is 0 Å². The lowest BCUT2D eigenvalue weighted by molar-refractivity contribution is 0.0468. The smallest absolute Gasteiger partial charge is 0.408 e. The maximum atomic E-state index is 11.9. The molecule has 1 heterocycles. The minimum atomic E-state index is -0.461. The van der Waals surface area contributed by atoms with Crippen LogP contribution in [-0.2, 0) is 4.74 Å². The summed E-state index contributed by atoms with van der Waals surface area (Å²) >= 11 is 0. The molecule has 1 saturated heterocycles. The van der Waals surface area contributed by atoms with E-state index >= 15 is 0 Å². The summed E-state index contributed by atoms with van der Waals surface area (Å²) in [7, 11) is 0. The van der Waals surface area contributed by atoms with Crippen molar-refractivity contribution in [3.05, 3.63) is 0 Å². The topological polar surface area (TPSA) is 53.6 Å². The molecule has 0 aromatic rings. The number of hydrogen-bond acceptors (Lipinski definition) is 4. The van der Waals surface area contributed by atoms with Crippen LogP contribution in [0.2, 0.25) is 0 Å². The number of hydrogen-bond donors (Lipinski definition) is 2. The summed E-state index contributed by atoms with van der Waals surface area (Å²) in [5.74, 6) is 0. The molecule has 1 fully saturated rings. The number of likely N-dealkylation sites (tertiary alicyclic amines) is 1. The molecular weight excluding hydrogens is 278 g/mol. The van der Waals surface area contributed by atoms with E-state index in [0.29, 0.717) is 12.1 Å². The third-order valence-electron chi connectivity index (χ3n) is 3.93. The zero-order chi connectivity index (χ0) is 17.0. The van der Waals surface area contributed by atoms with Gasteiger partial charge >= 0.3 is 6.09 Å². The summed E-state index contributed by atoms with van der Waals surface area (Å²) < 4.78 is 5.32. The largest absolute Gasteiger partial charge is 0.444 e. The summed E-state index contributed by atoms with van der Waals surface area (Å²) in [5.41, 5.74) is -0.783. The lowest BCUT2D eigenvalue weighted by atomic mass is 10.0. The Bertz CT molecular complexity index is 353. The Kier molecular flexibility index (Phi) is 6.68. The van der Waals surface area contributed by atoms with E-state index in [2.05, 4.69) is 29.4 Å². The number of piperidine rings is 1. The molecule has 0 aromatic carbocycles. The Hall–Kier alpha value is -0.810. The van der Waals surface area contributed by atoms with Crippen molar-refractivity contribution in [1.82, 2.24) is 15.5 Å². The molecule has 0 atom stereocenters. The fourth-order valence-corrected chi connectivity index (χ4v) is 2.64. The number of nitrogens with one attached hydrogen (secondary N) is 2. The molecule has 0 saturated carbocycles. The van der Waals surface area contributed by atoms with Crippen LogP contribution >= 0.6 is 0 Å². The van der Waals surface area contributed by atoms with Crippen molar-refractivity contribution in [2.45, 2.75) is 84.5 Å². The first kappa shape index (κ1) is 19.2. The highest BCUT2D eigenvalue weighted by Gasteiger charge is 2.26. The quantitative estimate of drug-likeness (QED) is 0.819. The number of rotatable bonds is 5. The lowest BCUT2D eigenvalue weighted by Crippen LogP contribution is -2.54. The average Bonchev–Trinajstić information content (AvgIpc) is 2.33. The van der Waals surface area contributed by atoms with E-state index < -0.39 is 5.60 Å². The highest BCUT2D eigenvalue weighted by molar-refractivity contribution is 5.68. The molecule has 0 spiro atoms. The van der Waals surface area contributed by atoms with Gasteiger partial charge in [-0.1, -0.05) is 0 Å². The van der Waals surface area contributed by atoms with Gasteiger partial charge in [-0.15, -0.1) is 0 Å². The third-order valence-corrected chi connectivity index (χ3v) is 3.93. The molecular formula is C17H35N3O2. The van der Waals surface area contributed by atoms with Crippen LogP contribution in [0.5, 0.6) is 0 Å². The number of alkyl carbamates (subject to hydrolysis) is 1. The Balaban J connectivity index is 2.32. The molecule has 2 N–H and O–H groups in total. The van der Waals surface area contributed by atoms with Gasteiger partial charge in [0.15, 0.2) is 0 Å². The first-order valence-corrected chi connectivity index (χ1v) is 8.47. The molecule has 130 valence electrons. The minimum Gasteiger partial charge on any atom is -0.444 e. The molecule has 1 rings (SSSR count). The Morgan fingerprint density at radius 1 is 1.18 bits per heavy atom. The van der Waals surface area contributed by atoms with Crippen molar-refractivity contribution >= 4 is 6.09 Å². The van der Waals surface area contributed by atoms with Gasteiger partial charge < -0.3 is 20.3 Å². The Morgan fingerprint density at radius 2 is 1.73 bits per heavy atom. The number of carbonyl (C=O) groups excluding carboxylic acids is 1. The lowest BCUT2D eigenvalue weighted by Gasteiger charge is -2.37. The number of amides is 1. The van der Waals surface area contributed by atoms with Gasteiger partial charge in [0.25, 0.3) is 0 Å². The van der Waals surface area contributed by atoms with E-state index in [1.54, 1.807) is 0 Å². The number of nitrogens with zero attached hydrogens (tertiary/aromatic N) is 1. The third kappa shape index (κ3) is 7.45. The monoisotopic (exact) mass is 313 g/mol. The maximum absolute atomic E-state index is 11.9. The van der Waals surface area contributed by atoms with Crippen molar-refractivity contribution in [1.29, 1.82) is 0 Å². The molecule has 0 aromatic heterocycles. The Labute approximate surface area is 136 Å². The predicted molar refractivity (Wildman–Crippen MR) is 91.2 cm³/mol. The molecule has 1 aliphatic heterocycles. The van der Waals surface area contributed by atoms with E-state index in [1.807, 2.05) is 34.6 Å². The van der Waals surface area contributed by atoms with Gasteiger partial charge in [0.1, 0.15) is 5.60 Å². The van der Waals surface area contributed by atoms with E-state index in [0.717, 1.165) is 19.6 Å². The maximum Gasteiger partial charge on any atom is 0.408 e. The molecule has 0 unspecified atom stereocenters. The highest BCUT2D eigenvalue weighted by Crippen LogP contribution is 2.14. The predicted octanol–water partition coefficient (Wildman–Crippen LogP) is 2.75. The van der Waals surface area contributed by atoms with Crippen LogP contribution in [0.3, 0.4) is 0 Å². The van der Waals surface area contributed by atoms with E-state index in [4.69, 9.17) is 4.74 Å². The second-order valence-electron chi connectivity index (χ2n) is 8.30. The second-order valence-corrected chi connectivity index (χ2v) is 8.30. The van der Waals surface area contributed by atoms with Crippen LogP contribution in [0.1, 0.15) is 61.3 Å². The van der Waals surface area contributed by atoms with Gasteiger partial charge in [0.2, 0.25) is 0 Å². The van der Waals surface area contributed by atoms with Crippen molar-refractivity contribution in [2.75, 3.05) is 19.6 Å². The zero-order valence-electron chi connectivity index (χ0n) is 15.5. The van der Waals surface area contributed by atoms with Crippen LogP contribution < -0.4 is 10.6 Å². The SMILES string of the molecule is CC(C)N1CCC(NCC(C)(C)NC(=O)OC(C)(C)C)CC1. The first-order valence-electron chi connectivity index (χ1n) is 8.47. The fourth-order valence-electron chi connectivity index (χ4n) is 2.64. The van der Waals surface area contributed by atoms with Crippen molar-refractivity contribution in [3.63, 3.8) is 0 Å². The van der Waals surface area contributed by atoms with Crippen LogP contribution in [-0.4, -0.2) is 53.9 Å². The van der Waals surface area contributed by atoms with Gasteiger partial charge in [-0.3, -0.25) is 0 Å². The summed E-state index contributed by atoms with van der Waals surface area (Å²) in [5, 5.41) is 6.54. The van der Waals surface area contributed by atoms with E-state index in [-0.39, 0.29) is 11.6 Å². The van der Waals surface area contributed by atoms with Crippen molar-refractivity contribution < 1.29 is 9.53 Å². The first-order chi connectivity index (χ1) is 9.98. The van der Waals surface area contributed by atoms with Crippen molar-refractivity contribution in [3.8, 4) is 0 Å². The fraction of sp³-hybridized carbons (Fsp3) is 0.941. The number of ether oxygens (including phenoxy) is 1. The van der Waals surface area contributed by atoms with Gasteiger partial charge in [0.05, 0.1) is 5.54 Å². The Morgan fingerprint density at radius 3 is 2.18 bits per heavy atom. The summed E-state index contributed by atoms with van der Waals surface area (Å²) in [6.45, 7) is 17.2.